The molecule has 0 aromatic heterocycles. The lowest BCUT2D eigenvalue weighted by molar-refractivity contribution is 0.586. The van der Waals surface area contributed by atoms with Gasteiger partial charge in [-0.05, 0) is 68.8 Å². The third kappa shape index (κ3) is 2.84. The lowest BCUT2D eigenvalue weighted by Crippen LogP contribution is -2.40. The van der Waals surface area contributed by atoms with Crippen molar-refractivity contribution in [3.05, 3.63) is 142 Å². The van der Waals surface area contributed by atoms with Gasteiger partial charge in [-0.25, -0.2) is 0 Å². The summed E-state index contributed by atoms with van der Waals surface area (Å²) in [6, 6.07) is 37.2. The molecule has 5 aromatic carbocycles. The molecule has 0 atom stereocenters. The fraction of sp³-hybridized carbons (Fsp3) is 0.286. The number of nitrogens with zero attached hydrogens (tertiary/aromatic N) is 2. The summed E-state index contributed by atoms with van der Waals surface area (Å²) in [6.07, 6.45) is 0. The molecule has 0 aliphatic carbocycles. The zero-order valence-electron chi connectivity index (χ0n) is 27.1. The highest BCUT2D eigenvalue weighted by Crippen LogP contribution is 2.64. The summed E-state index contributed by atoms with van der Waals surface area (Å²) in [6.45, 7) is 19.3. The van der Waals surface area contributed by atoms with Gasteiger partial charge in [-0.3, -0.25) is 0 Å². The zero-order chi connectivity index (χ0) is 30.6. The van der Waals surface area contributed by atoms with Crippen molar-refractivity contribution in [2.24, 2.45) is 0 Å². The molecule has 0 unspecified atom stereocenters. The normalized spacial score (nSPS) is 19.5. The smallest absolute Gasteiger partial charge is 0.0543 e. The van der Waals surface area contributed by atoms with Crippen LogP contribution in [0.25, 0.3) is 0 Å². The second-order valence-electron chi connectivity index (χ2n) is 15.5. The monoisotopic (exact) mass is 572 g/mol. The predicted octanol–water partition coefficient (Wildman–Crippen LogP) is 11.2. The van der Waals surface area contributed by atoms with E-state index >= 15 is 0 Å². The minimum absolute atomic E-state index is 0.0842. The summed E-state index contributed by atoms with van der Waals surface area (Å²) < 4.78 is 0. The Labute approximate surface area is 262 Å². The van der Waals surface area contributed by atoms with Gasteiger partial charge in [0.25, 0.3) is 0 Å². The fourth-order valence-corrected chi connectivity index (χ4v) is 9.25. The van der Waals surface area contributed by atoms with E-state index in [2.05, 4.69) is 162 Å². The van der Waals surface area contributed by atoms with Crippen LogP contribution in [0.15, 0.2) is 97.1 Å². The van der Waals surface area contributed by atoms with Gasteiger partial charge in [-0.15, -0.1) is 0 Å². The molecule has 0 bridgehead atoms. The van der Waals surface area contributed by atoms with E-state index < -0.39 is 0 Å². The summed E-state index contributed by atoms with van der Waals surface area (Å²) in [5, 5.41) is 0. The Balaban J connectivity index is 1.40. The summed E-state index contributed by atoms with van der Waals surface area (Å²) in [7, 11) is 0. The highest BCUT2D eigenvalue weighted by Gasteiger charge is 2.49. The predicted molar refractivity (Wildman–Crippen MR) is 184 cm³/mol. The largest absolute Gasteiger partial charge is 0.309 e. The molecule has 0 radical (unpaired) electrons. The zero-order valence-corrected chi connectivity index (χ0v) is 27.1. The highest BCUT2D eigenvalue weighted by atomic mass is 15.2. The average molecular weight is 573 g/mol. The van der Waals surface area contributed by atoms with Gasteiger partial charge in [0.1, 0.15) is 0 Å². The minimum atomic E-state index is -0.174. The van der Waals surface area contributed by atoms with Gasteiger partial charge in [0.15, 0.2) is 0 Å². The Kier molecular flexibility index (Phi) is 4.66. The van der Waals surface area contributed by atoms with E-state index in [-0.39, 0.29) is 21.7 Å². The van der Waals surface area contributed by atoms with Crippen molar-refractivity contribution in [3.63, 3.8) is 0 Å². The van der Waals surface area contributed by atoms with Crippen LogP contribution >= 0.6 is 0 Å². The Morgan fingerprint density at radius 1 is 0.318 bits per heavy atom. The standard InChI is InChI=1S/C42H40N2/c1-39(2)25-15-9-11-21-33(25)43-35-23-32-36(24-31(35)41(5,6)29-19-13-17-27(39)37(29)43)44-34-22-12-10-16-26(34)40(3,4)28-18-14-20-30(38(28)44)42(32,7)8/h9-24H,1-8H3. The summed E-state index contributed by atoms with van der Waals surface area (Å²) in [4.78, 5) is 5.20. The van der Waals surface area contributed by atoms with E-state index in [4.69, 9.17) is 0 Å². The van der Waals surface area contributed by atoms with E-state index in [1.807, 2.05) is 0 Å². The van der Waals surface area contributed by atoms with Crippen LogP contribution in [0, 0.1) is 0 Å². The molecule has 5 aromatic rings. The first-order chi connectivity index (χ1) is 20.9. The van der Waals surface area contributed by atoms with Gasteiger partial charge < -0.3 is 9.80 Å². The first-order valence-corrected chi connectivity index (χ1v) is 16.1. The summed E-state index contributed by atoms with van der Waals surface area (Å²) >= 11 is 0. The van der Waals surface area contributed by atoms with Gasteiger partial charge >= 0.3 is 0 Å². The molecule has 0 amide bonds. The molecule has 4 aliphatic heterocycles. The van der Waals surface area contributed by atoms with Crippen LogP contribution in [0.1, 0.15) is 99.9 Å². The number of fused-ring (bicyclic) bond motifs is 8. The first kappa shape index (κ1) is 26.1. The maximum Gasteiger partial charge on any atom is 0.0543 e. The number of hydrogen-bond acceptors (Lipinski definition) is 2. The van der Waals surface area contributed by atoms with Crippen molar-refractivity contribution in [1.29, 1.82) is 0 Å². The second kappa shape index (κ2) is 7.85. The Bertz CT molecular complexity index is 1940. The number of benzene rings is 5. The van der Waals surface area contributed by atoms with Crippen LogP contribution in [0.4, 0.5) is 34.1 Å². The third-order valence-electron chi connectivity index (χ3n) is 11.8. The molecule has 0 fully saturated rings. The molecule has 4 heterocycles. The number of rotatable bonds is 0. The molecule has 2 nitrogen and oxygen atoms in total. The molecule has 2 heteroatoms. The molecular weight excluding hydrogens is 532 g/mol. The summed E-state index contributed by atoms with van der Waals surface area (Å²) in [5.74, 6) is 0. The summed E-state index contributed by atoms with van der Waals surface area (Å²) in [5.41, 5.74) is 18.6. The van der Waals surface area contributed by atoms with Crippen LogP contribution in [0.2, 0.25) is 0 Å². The van der Waals surface area contributed by atoms with E-state index in [1.54, 1.807) is 0 Å². The maximum absolute atomic E-state index is 2.60. The Morgan fingerprint density at radius 2 is 0.614 bits per heavy atom. The van der Waals surface area contributed by atoms with Crippen molar-refractivity contribution < 1.29 is 0 Å². The fourth-order valence-electron chi connectivity index (χ4n) is 9.25. The number of para-hydroxylation sites is 4. The second-order valence-corrected chi connectivity index (χ2v) is 15.5. The molecule has 9 rings (SSSR count). The van der Waals surface area contributed by atoms with Crippen molar-refractivity contribution in [2.45, 2.75) is 77.0 Å². The van der Waals surface area contributed by atoms with Crippen molar-refractivity contribution in [2.75, 3.05) is 9.80 Å². The Hall–Kier alpha value is -4.30. The molecule has 218 valence electrons. The van der Waals surface area contributed by atoms with Crippen LogP contribution in [-0.2, 0) is 21.7 Å². The van der Waals surface area contributed by atoms with Crippen molar-refractivity contribution >= 4 is 34.1 Å². The molecule has 0 spiro atoms. The molecule has 0 saturated carbocycles. The SMILES string of the molecule is CC1(C)c2ccccc2N2c3cc4c(cc3C(C)(C)c3cccc1c32)N1c2ccccc2C(C)(C)c2cccc(c21)C4(C)C. The van der Waals surface area contributed by atoms with E-state index in [0.717, 1.165) is 0 Å². The number of anilines is 6. The highest BCUT2D eigenvalue weighted by molar-refractivity contribution is 5.98. The maximum atomic E-state index is 2.60. The average Bonchev–Trinajstić information content (AvgIpc) is 3.00. The van der Waals surface area contributed by atoms with Gasteiger partial charge in [0.05, 0.1) is 34.1 Å². The molecule has 0 N–H and O–H groups in total. The quantitative estimate of drug-likeness (QED) is 0.182. The van der Waals surface area contributed by atoms with Crippen LogP contribution < -0.4 is 9.80 Å². The van der Waals surface area contributed by atoms with Crippen LogP contribution in [0.3, 0.4) is 0 Å². The minimum Gasteiger partial charge on any atom is -0.309 e. The molecular formula is C42H40N2. The Morgan fingerprint density at radius 3 is 0.977 bits per heavy atom. The van der Waals surface area contributed by atoms with Gasteiger partial charge in [-0.1, -0.05) is 128 Å². The topological polar surface area (TPSA) is 6.48 Å². The van der Waals surface area contributed by atoms with Crippen molar-refractivity contribution in [3.8, 4) is 0 Å². The van der Waals surface area contributed by atoms with Gasteiger partial charge in [0.2, 0.25) is 0 Å². The molecule has 0 saturated heterocycles. The van der Waals surface area contributed by atoms with Gasteiger partial charge in [0, 0.05) is 21.7 Å². The van der Waals surface area contributed by atoms with Crippen molar-refractivity contribution in [1.82, 2.24) is 0 Å². The number of hydrogen-bond donors (Lipinski definition) is 0. The lowest BCUT2D eigenvalue weighted by atomic mass is 9.64. The van der Waals surface area contributed by atoms with E-state index in [1.165, 1.54) is 78.6 Å². The van der Waals surface area contributed by atoms with Crippen LogP contribution in [-0.4, -0.2) is 0 Å². The van der Waals surface area contributed by atoms with E-state index in [0.29, 0.717) is 0 Å². The molecule has 4 aliphatic rings. The van der Waals surface area contributed by atoms with E-state index in [9.17, 15) is 0 Å². The lowest BCUT2D eigenvalue weighted by Gasteiger charge is -2.52. The first-order valence-electron chi connectivity index (χ1n) is 16.1. The van der Waals surface area contributed by atoms with Crippen LogP contribution in [0.5, 0.6) is 0 Å². The molecule has 44 heavy (non-hydrogen) atoms. The third-order valence-corrected chi connectivity index (χ3v) is 11.8. The van der Waals surface area contributed by atoms with Gasteiger partial charge in [-0.2, -0.15) is 0 Å².